The van der Waals surface area contributed by atoms with Crippen LogP contribution in [0, 0.1) is 0 Å². The van der Waals surface area contributed by atoms with Crippen LogP contribution in [0.2, 0.25) is 0 Å². The number of nitrogens with two attached hydrogens (primary N) is 1. The molecule has 0 amide bonds. The molecule has 3 nitrogen and oxygen atoms in total. The van der Waals surface area contributed by atoms with Crippen LogP contribution in [-0.2, 0) is 6.54 Å². The van der Waals surface area contributed by atoms with Crippen LogP contribution in [-0.4, -0.2) is 26.7 Å². The Morgan fingerprint density at radius 2 is 2.00 bits per heavy atom. The summed E-state index contributed by atoms with van der Waals surface area (Å²) >= 11 is 0. The highest BCUT2D eigenvalue weighted by molar-refractivity contribution is 5.37. The van der Waals surface area contributed by atoms with Crippen LogP contribution in [0.5, 0.6) is 5.75 Å². The molecule has 1 aliphatic rings. The molecule has 0 saturated carbocycles. The number of methoxy groups -OCH3 is 1. The smallest absolute Gasteiger partial charge is 0.163 e. The van der Waals surface area contributed by atoms with E-state index in [9.17, 15) is 0 Å². The maximum absolute atomic E-state index is 5.35. The Morgan fingerprint density at radius 1 is 1.26 bits per heavy atom. The molecule has 1 aliphatic heterocycles. The summed E-state index contributed by atoms with van der Waals surface area (Å²) in [5.74, 6) is 0.986. The minimum Gasteiger partial charge on any atom is -0.497 e. The van der Waals surface area contributed by atoms with E-state index in [1.165, 1.54) is 38.0 Å². The lowest BCUT2D eigenvalue weighted by atomic mass is 9.95. The van der Waals surface area contributed by atoms with E-state index >= 15 is 0 Å². The van der Waals surface area contributed by atoms with Gasteiger partial charge in [-0.25, -0.2) is 0 Å². The third-order valence-electron chi connectivity index (χ3n) is 4.13. The average molecular weight is 264 g/mol. The zero-order valence-corrected chi connectivity index (χ0v) is 12.5. The summed E-state index contributed by atoms with van der Waals surface area (Å²) in [5.41, 5.74) is 3.00. The molecule has 1 heterocycles. The van der Waals surface area contributed by atoms with Crippen molar-refractivity contribution in [3.63, 3.8) is 0 Å². The lowest BCUT2D eigenvalue weighted by molar-refractivity contribution is -0.948. The predicted octanol–water partition coefficient (Wildman–Crippen LogP) is 0.518. The van der Waals surface area contributed by atoms with Gasteiger partial charge in [-0.15, -0.1) is 0 Å². The van der Waals surface area contributed by atoms with E-state index in [4.69, 9.17) is 4.74 Å². The number of fused-ring (bicyclic) bond motifs is 1. The molecule has 0 aromatic heterocycles. The largest absolute Gasteiger partial charge is 0.497 e. The first kappa shape index (κ1) is 14.4. The third-order valence-corrected chi connectivity index (χ3v) is 4.13. The lowest BCUT2D eigenvalue weighted by Gasteiger charge is -2.31. The second-order valence-corrected chi connectivity index (χ2v) is 5.50. The molecule has 0 radical (unpaired) electrons. The Labute approximate surface area is 116 Å². The molecular formula is C16H28N2O+2. The fourth-order valence-electron chi connectivity index (χ4n) is 3.26. The van der Waals surface area contributed by atoms with Crippen LogP contribution in [0.3, 0.4) is 0 Å². The lowest BCUT2D eigenvalue weighted by Crippen LogP contribution is -3.15. The highest BCUT2D eigenvalue weighted by Crippen LogP contribution is 2.22. The van der Waals surface area contributed by atoms with E-state index in [2.05, 4.69) is 37.4 Å². The van der Waals surface area contributed by atoms with Crippen LogP contribution in [0.25, 0.3) is 0 Å². The minimum atomic E-state index is 0.648. The van der Waals surface area contributed by atoms with Crippen molar-refractivity contribution in [2.75, 3.05) is 26.7 Å². The first-order valence-electron chi connectivity index (χ1n) is 7.63. The minimum absolute atomic E-state index is 0.648. The van der Waals surface area contributed by atoms with Crippen molar-refractivity contribution in [3.05, 3.63) is 29.3 Å². The Kier molecular flexibility index (Phi) is 5.23. The zero-order valence-electron chi connectivity index (χ0n) is 12.5. The molecule has 0 saturated heterocycles. The molecule has 0 fully saturated rings. The average Bonchev–Trinajstić information content (AvgIpc) is 2.46. The Bertz CT molecular complexity index is 400. The quantitative estimate of drug-likeness (QED) is 0.771. The van der Waals surface area contributed by atoms with Gasteiger partial charge in [0.25, 0.3) is 0 Å². The van der Waals surface area contributed by atoms with Crippen LogP contribution in [0.1, 0.15) is 43.9 Å². The van der Waals surface area contributed by atoms with E-state index in [1.807, 2.05) is 0 Å². The van der Waals surface area contributed by atoms with E-state index < -0.39 is 0 Å². The summed E-state index contributed by atoms with van der Waals surface area (Å²) in [5, 5.41) is 2.44. The Hall–Kier alpha value is -1.06. The van der Waals surface area contributed by atoms with E-state index in [0.717, 1.165) is 12.3 Å². The summed E-state index contributed by atoms with van der Waals surface area (Å²) < 4.78 is 5.35. The molecule has 19 heavy (non-hydrogen) atoms. The standard InChI is InChI=1S/C16H26N2O/c1-4-8-18(9-5-2)16-12-17-11-13-10-14(19-3)6-7-15(13)16/h6-7,10,16-17H,4-5,8-9,11-12H2,1-3H3/p+2/t16-/m1/s1. The van der Waals surface area contributed by atoms with Crippen molar-refractivity contribution in [1.82, 2.24) is 0 Å². The molecule has 106 valence electrons. The third kappa shape index (κ3) is 3.28. The van der Waals surface area contributed by atoms with Crippen molar-refractivity contribution >= 4 is 0 Å². The van der Waals surface area contributed by atoms with Gasteiger partial charge in [-0.1, -0.05) is 13.8 Å². The molecular weight excluding hydrogens is 236 g/mol. The highest BCUT2D eigenvalue weighted by Gasteiger charge is 2.30. The number of rotatable bonds is 6. The molecule has 3 N–H and O–H groups in total. The summed E-state index contributed by atoms with van der Waals surface area (Å²) in [6.07, 6.45) is 2.52. The molecule has 1 aromatic rings. The molecule has 2 rings (SSSR count). The summed E-state index contributed by atoms with van der Waals surface area (Å²) in [6.45, 7) is 9.44. The van der Waals surface area contributed by atoms with Gasteiger partial charge in [-0.3, -0.25) is 0 Å². The van der Waals surface area contributed by atoms with Gasteiger partial charge in [-0.05, 0) is 31.0 Å². The number of hydrogen-bond acceptors (Lipinski definition) is 1. The maximum atomic E-state index is 5.35. The number of benzene rings is 1. The first-order chi connectivity index (χ1) is 9.30. The Balaban J connectivity index is 2.24. The van der Waals surface area contributed by atoms with Gasteiger partial charge in [-0.2, -0.15) is 0 Å². The van der Waals surface area contributed by atoms with E-state index in [0.29, 0.717) is 6.04 Å². The number of nitrogens with one attached hydrogen (secondary N) is 1. The fourth-order valence-corrected chi connectivity index (χ4v) is 3.26. The van der Waals surface area contributed by atoms with Gasteiger partial charge in [0.1, 0.15) is 18.8 Å². The molecule has 1 aromatic carbocycles. The second kappa shape index (κ2) is 6.92. The van der Waals surface area contributed by atoms with Crippen molar-refractivity contribution in [1.29, 1.82) is 0 Å². The topological polar surface area (TPSA) is 30.3 Å². The molecule has 0 spiro atoms. The van der Waals surface area contributed by atoms with E-state index in [-0.39, 0.29) is 0 Å². The maximum Gasteiger partial charge on any atom is 0.163 e. The molecule has 0 bridgehead atoms. The van der Waals surface area contributed by atoms with Gasteiger partial charge >= 0.3 is 0 Å². The number of hydrogen-bond donors (Lipinski definition) is 2. The van der Waals surface area contributed by atoms with Crippen LogP contribution < -0.4 is 15.0 Å². The summed E-state index contributed by atoms with van der Waals surface area (Å²) in [4.78, 5) is 1.74. The van der Waals surface area contributed by atoms with E-state index in [1.54, 1.807) is 17.6 Å². The molecule has 1 atom stereocenters. The normalized spacial score (nSPS) is 18.4. The van der Waals surface area contributed by atoms with Crippen LogP contribution >= 0.6 is 0 Å². The van der Waals surface area contributed by atoms with Gasteiger partial charge < -0.3 is 15.0 Å². The van der Waals surface area contributed by atoms with Crippen LogP contribution in [0.4, 0.5) is 0 Å². The highest BCUT2D eigenvalue weighted by atomic mass is 16.5. The predicted molar refractivity (Wildman–Crippen MR) is 77.5 cm³/mol. The SMILES string of the molecule is CCC[NH+](CCC)[C@@H]1C[NH2+]Cc2cc(OC)ccc21. The van der Waals surface area contributed by atoms with Gasteiger partial charge in [0.05, 0.1) is 20.2 Å². The summed E-state index contributed by atoms with van der Waals surface area (Å²) in [7, 11) is 1.75. The summed E-state index contributed by atoms with van der Waals surface area (Å²) in [6, 6.07) is 7.27. The monoisotopic (exact) mass is 264 g/mol. The first-order valence-corrected chi connectivity index (χ1v) is 7.63. The van der Waals surface area contributed by atoms with Crippen molar-refractivity contribution in [3.8, 4) is 5.75 Å². The molecule has 3 heteroatoms. The van der Waals surface area contributed by atoms with Gasteiger partial charge in [0, 0.05) is 11.1 Å². The number of quaternary nitrogens is 2. The fraction of sp³-hybridized carbons (Fsp3) is 0.625. The number of ether oxygens (including phenoxy) is 1. The molecule has 0 unspecified atom stereocenters. The van der Waals surface area contributed by atoms with Crippen molar-refractivity contribution in [2.24, 2.45) is 0 Å². The van der Waals surface area contributed by atoms with Gasteiger partial charge in [0.15, 0.2) is 6.04 Å². The van der Waals surface area contributed by atoms with Crippen LogP contribution in [0.15, 0.2) is 18.2 Å². The molecule has 0 aliphatic carbocycles. The van der Waals surface area contributed by atoms with Crippen molar-refractivity contribution in [2.45, 2.75) is 39.3 Å². The van der Waals surface area contributed by atoms with Gasteiger partial charge in [0.2, 0.25) is 0 Å². The zero-order chi connectivity index (χ0) is 13.7. The second-order valence-electron chi connectivity index (χ2n) is 5.50. The Morgan fingerprint density at radius 3 is 2.63 bits per heavy atom. The van der Waals surface area contributed by atoms with Crippen molar-refractivity contribution < 1.29 is 15.0 Å².